The molecule has 0 radical (unpaired) electrons. The number of morpholine rings is 1. The molecule has 1 saturated heterocycles. The molecular weight excluding hydrogens is 424 g/mol. The first-order valence-corrected chi connectivity index (χ1v) is 13.5. The van der Waals surface area contributed by atoms with Gasteiger partial charge in [-0.05, 0) is 44.2 Å². The van der Waals surface area contributed by atoms with Gasteiger partial charge in [-0.15, -0.1) is 0 Å². The summed E-state index contributed by atoms with van der Waals surface area (Å²) in [6.45, 7) is 23.1. The van der Waals surface area contributed by atoms with Crippen molar-refractivity contribution in [2.24, 2.45) is 10.7 Å². The molecule has 0 aromatic carbocycles. The number of nitrogens with zero attached hydrogens (tertiary/aromatic N) is 3. The van der Waals surface area contributed by atoms with Crippen molar-refractivity contribution in [1.29, 1.82) is 0 Å². The predicted molar refractivity (Wildman–Crippen MR) is 149 cm³/mol. The Hall–Kier alpha value is -1.92. The molecule has 198 valence electrons. The first kappa shape index (κ1) is 34.2. The third-order valence-electron chi connectivity index (χ3n) is 4.87. The summed E-state index contributed by atoms with van der Waals surface area (Å²) in [7, 11) is 0. The van der Waals surface area contributed by atoms with E-state index in [1.54, 1.807) is 0 Å². The second-order valence-corrected chi connectivity index (χ2v) is 7.15. The highest BCUT2D eigenvalue weighted by molar-refractivity contribution is 5.75. The number of pyridine rings is 1. The van der Waals surface area contributed by atoms with E-state index >= 15 is 0 Å². The van der Waals surface area contributed by atoms with Crippen molar-refractivity contribution < 1.29 is 9.47 Å². The van der Waals surface area contributed by atoms with Gasteiger partial charge in [0.2, 0.25) is 0 Å². The second-order valence-electron chi connectivity index (χ2n) is 7.15. The smallest absolute Gasteiger partial charge is 0.186 e. The topological polar surface area (TPSA) is 73.0 Å². The fourth-order valence-electron chi connectivity index (χ4n) is 3.32. The highest BCUT2D eigenvalue weighted by atomic mass is 16.5. The molecule has 1 aromatic rings. The maximum Gasteiger partial charge on any atom is 0.186 e. The average molecular weight is 479 g/mol. The third-order valence-corrected chi connectivity index (χ3v) is 4.87. The Balaban J connectivity index is 0. The molecule has 1 aliphatic heterocycles. The van der Waals surface area contributed by atoms with Crippen LogP contribution in [0.4, 0.5) is 0 Å². The molecule has 3 rings (SSSR count). The van der Waals surface area contributed by atoms with Gasteiger partial charge in [-0.3, -0.25) is 4.98 Å². The minimum absolute atomic E-state index is 0.224. The van der Waals surface area contributed by atoms with Crippen molar-refractivity contribution >= 4 is 12.0 Å². The minimum atomic E-state index is 0.224. The van der Waals surface area contributed by atoms with E-state index in [0.29, 0.717) is 25.2 Å². The van der Waals surface area contributed by atoms with Crippen molar-refractivity contribution in [1.82, 2.24) is 9.88 Å². The maximum atomic E-state index is 6.09. The van der Waals surface area contributed by atoms with Crippen molar-refractivity contribution in [3.8, 4) is 0 Å². The molecule has 0 atom stereocenters. The highest BCUT2D eigenvalue weighted by Crippen LogP contribution is 2.21. The molecule has 0 bridgehead atoms. The van der Waals surface area contributed by atoms with Crippen molar-refractivity contribution in [3.05, 3.63) is 35.4 Å². The van der Waals surface area contributed by atoms with E-state index in [2.05, 4.69) is 16.0 Å². The standard InChI is InChI=1S/C20H30N4O2.4C2H6/c1-15-3-6-18(22-14-15)13-20(24-9-11-25-12-10-24)23-16(2)26-19-7-4-17(21)5-8-19;4*1-2/h3,6,13-14,17,19H,4-5,7-12,21H2,1-2H3;4*1-2H3/b20-13+,23-16+;;;;. The molecule has 1 aliphatic carbocycles. The van der Waals surface area contributed by atoms with Crippen LogP contribution in [0, 0.1) is 6.92 Å². The first-order valence-electron chi connectivity index (χ1n) is 13.5. The summed E-state index contributed by atoms with van der Waals surface area (Å²) in [5.74, 6) is 1.59. The number of ether oxygens (including phenoxy) is 2. The largest absolute Gasteiger partial charge is 0.478 e. The Morgan fingerprint density at radius 1 is 1.00 bits per heavy atom. The highest BCUT2D eigenvalue weighted by Gasteiger charge is 2.21. The molecule has 0 unspecified atom stereocenters. The molecule has 2 N–H and O–H groups in total. The lowest BCUT2D eigenvalue weighted by atomic mass is 9.94. The fraction of sp³-hybridized carbons (Fsp3) is 0.714. The lowest BCUT2D eigenvalue weighted by molar-refractivity contribution is 0.0532. The number of nitrogens with two attached hydrogens (primary N) is 1. The summed E-state index contributed by atoms with van der Waals surface area (Å²) in [6.07, 6.45) is 8.18. The van der Waals surface area contributed by atoms with E-state index in [1.165, 1.54) is 0 Å². The lowest BCUT2D eigenvalue weighted by Gasteiger charge is -2.30. The SMILES string of the molecule is C/C(=N\C(=C/c1ccc(C)cn1)N1CCOCC1)OC1CCC(N)CC1.CC.CC.CC.CC. The third kappa shape index (κ3) is 14.4. The molecule has 34 heavy (non-hydrogen) atoms. The maximum absolute atomic E-state index is 6.09. The zero-order valence-electron chi connectivity index (χ0n) is 23.9. The number of aliphatic imine (C=N–C) groups is 1. The molecule has 0 amide bonds. The van der Waals surface area contributed by atoms with Crippen LogP contribution in [0.15, 0.2) is 29.1 Å². The Kier molecular flexibility index (Phi) is 23.0. The number of hydrogen-bond donors (Lipinski definition) is 1. The van der Waals surface area contributed by atoms with Crippen molar-refractivity contribution in [2.45, 2.75) is 107 Å². The van der Waals surface area contributed by atoms with E-state index in [1.807, 2.05) is 87.6 Å². The van der Waals surface area contributed by atoms with Gasteiger partial charge in [0, 0.05) is 38.3 Å². The van der Waals surface area contributed by atoms with Crippen LogP contribution in [-0.2, 0) is 9.47 Å². The quantitative estimate of drug-likeness (QED) is 0.379. The van der Waals surface area contributed by atoms with E-state index in [9.17, 15) is 0 Å². The zero-order chi connectivity index (χ0) is 26.4. The number of aromatic nitrogens is 1. The second kappa shape index (κ2) is 22.9. The van der Waals surface area contributed by atoms with Crippen LogP contribution in [0.3, 0.4) is 0 Å². The van der Waals surface area contributed by atoms with Gasteiger partial charge in [0.1, 0.15) is 11.9 Å². The Bertz CT molecular complexity index is 630. The first-order chi connectivity index (χ1) is 16.6. The molecule has 1 saturated carbocycles. The summed E-state index contributed by atoms with van der Waals surface area (Å²) >= 11 is 0. The van der Waals surface area contributed by atoms with Gasteiger partial charge in [-0.1, -0.05) is 61.5 Å². The Morgan fingerprint density at radius 3 is 2.06 bits per heavy atom. The van der Waals surface area contributed by atoms with Gasteiger partial charge in [0.15, 0.2) is 5.90 Å². The molecular formula is C28H54N4O2. The van der Waals surface area contributed by atoms with E-state index in [4.69, 9.17) is 20.2 Å². The molecule has 2 heterocycles. The molecule has 6 heteroatoms. The van der Waals surface area contributed by atoms with Crippen LogP contribution in [0.1, 0.15) is 99.3 Å². The Labute approximate surface area is 211 Å². The van der Waals surface area contributed by atoms with Crippen molar-refractivity contribution in [2.75, 3.05) is 26.3 Å². The Morgan fingerprint density at radius 2 is 1.56 bits per heavy atom. The van der Waals surface area contributed by atoms with Crippen molar-refractivity contribution in [3.63, 3.8) is 0 Å². The summed E-state index contributed by atoms with van der Waals surface area (Å²) in [5, 5.41) is 0. The summed E-state index contributed by atoms with van der Waals surface area (Å²) in [6, 6.07) is 4.40. The van der Waals surface area contributed by atoms with Gasteiger partial charge < -0.3 is 20.1 Å². The zero-order valence-corrected chi connectivity index (χ0v) is 23.9. The van der Waals surface area contributed by atoms with Crippen LogP contribution in [0.2, 0.25) is 0 Å². The monoisotopic (exact) mass is 478 g/mol. The van der Waals surface area contributed by atoms with Gasteiger partial charge in [0.05, 0.1) is 18.9 Å². The van der Waals surface area contributed by atoms with E-state index < -0.39 is 0 Å². The molecule has 0 spiro atoms. The summed E-state index contributed by atoms with van der Waals surface area (Å²) in [5.41, 5.74) is 8.03. The number of rotatable bonds is 4. The lowest BCUT2D eigenvalue weighted by Crippen LogP contribution is -2.35. The normalized spacial score (nSPS) is 20.0. The summed E-state index contributed by atoms with van der Waals surface area (Å²) in [4.78, 5) is 11.5. The van der Waals surface area contributed by atoms with Crippen LogP contribution in [0.25, 0.3) is 6.08 Å². The molecule has 2 fully saturated rings. The summed E-state index contributed by atoms with van der Waals surface area (Å²) < 4.78 is 11.6. The predicted octanol–water partition coefficient (Wildman–Crippen LogP) is 6.83. The van der Waals surface area contributed by atoms with Crippen LogP contribution < -0.4 is 5.73 Å². The van der Waals surface area contributed by atoms with Gasteiger partial charge in [-0.2, -0.15) is 0 Å². The van der Waals surface area contributed by atoms with E-state index in [-0.39, 0.29) is 6.10 Å². The molecule has 6 nitrogen and oxygen atoms in total. The van der Waals surface area contributed by atoms with Crippen LogP contribution in [-0.4, -0.2) is 54.2 Å². The molecule has 2 aliphatic rings. The number of hydrogen-bond acceptors (Lipinski definition) is 6. The fourth-order valence-corrected chi connectivity index (χ4v) is 3.32. The molecule has 1 aromatic heterocycles. The van der Waals surface area contributed by atoms with Crippen LogP contribution >= 0.6 is 0 Å². The van der Waals surface area contributed by atoms with Gasteiger partial charge >= 0.3 is 0 Å². The van der Waals surface area contributed by atoms with E-state index in [0.717, 1.165) is 55.9 Å². The van der Waals surface area contributed by atoms with Crippen LogP contribution in [0.5, 0.6) is 0 Å². The van der Waals surface area contributed by atoms with Gasteiger partial charge in [-0.25, -0.2) is 4.99 Å². The number of aryl methyl sites for hydroxylation is 1. The minimum Gasteiger partial charge on any atom is -0.478 e. The van der Waals surface area contributed by atoms with Gasteiger partial charge in [0.25, 0.3) is 0 Å². The average Bonchev–Trinajstić information content (AvgIpc) is 2.91.